The Morgan fingerprint density at radius 1 is 1.25 bits per heavy atom. The van der Waals surface area contributed by atoms with E-state index in [0.29, 0.717) is 16.6 Å². The molecule has 1 aromatic carbocycles. The number of rotatable bonds is 4. The number of thiophene rings is 1. The van der Waals surface area contributed by atoms with E-state index in [0.717, 1.165) is 54.9 Å². The Hall–Kier alpha value is -2.64. The molecule has 1 unspecified atom stereocenters. The van der Waals surface area contributed by atoms with E-state index in [-0.39, 0.29) is 0 Å². The summed E-state index contributed by atoms with van der Waals surface area (Å²) in [6, 6.07) is 11.0. The Bertz CT molecular complexity index is 1040. The number of nitrogen functional groups attached to an aromatic ring is 1. The molecule has 4 N–H and O–H groups in total. The number of likely N-dealkylation sites (tertiary alicyclic amines) is 1. The molecule has 1 saturated heterocycles. The zero-order valence-electron chi connectivity index (χ0n) is 15.6. The number of hydrogen-bond donors (Lipinski definition) is 2. The van der Waals surface area contributed by atoms with Crippen molar-refractivity contribution in [3.8, 4) is 10.4 Å². The molecule has 0 saturated carbocycles. The summed E-state index contributed by atoms with van der Waals surface area (Å²) in [5.74, 6) is -0.432. The highest BCUT2D eigenvalue weighted by Gasteiger charge is 2.32. The summed E-state index contributed by atoms with van der Waals surface area (Å²) in [4.78, 5) is 15.4. The van der Waals surface area contributed by atoms with E-state index >= 15 is 0 Å². The number of benzene rings is 1. The van der Waals surface area contributed by atoms with Crippen LogP contribution in [-0.4, -0.2) is 33.7 Å². The van der Waals surface area contributed by atoms with Crippen LogP contribution in [0.15, 0.2) is 36.5 Å². The van der Waals surface area contributed by atoms with Gasteiger partial charge in [-0.15, -0.1) is 11.3 Å². The predicted octanol–water partition coefficient (Wildman–Crippen LogP) is 2.84. The fourth-order valence-corrected chi connectivity index (χ4v) is 5.75. The van der Waals surface area contributed by atoms with Crippen LogP contribution in [0.4, 0.5) is 5.00 Å². The molecule has 3 heterocycles. The maximum atomic E-state index is 11.8. The molecule has 0 radical (unpaired) electrons. The molecule has 1 aliphatic heterocycles. The molecule has 0 bridgehead atoms. The highest BCUT2D eigenvalue weighted by Crippen LogP contribution is 2.44. The average Bonchev–Trinajstić information content (AvgIpc) is 3.37. The van der Waals surface area contributed by atoms with Gasteiger partial charge in [-0.25, -0.2) is 0 Å². The minimum atomic E-state index is -0.432. The number of nitrogens with zero attached hydrogens (tertiary/aromatic N) is 3. The standard InChI is InChI=1S/C21H23N5OS/c22-20(27)18-15-6-7-17-16(19(15)28-21(18)23)10-24-26(17)14-8-9-25(12-14)11-13-4-2-1-3-5-13/h1-5,10,14H,6-9,11-12,23H2,(H2,22,27). The third-order valence-electron chi connectivity index (χ3n) is 5.88. The van der Waals surface area contributed by atoms with E-state index in [1.807, 2.05) is 6.20 Å². The number of fused-ring (bicyclic) bond motifs is 3. The van der Waals surface area contributed by atoms with Gasteiger partial charge in [0.15, 0.2) is 0 Å². The van der Waals surface area contributed by atoms with Crippen molar-refractivity contribution >= 4 is 22.2 Å². The smallest absolute Gasteiger partial charge is 0.251 e. The third kappa shape index (κ3) is 2.82. The lowest BCUT2D eigenvalue weighted by Crippen LogP contribution is -2.23. The molecule has 2 aliphatic rings. The topological polar surface area (TPSA) is 90.2 Å². The fraction of sp³-hybridized carbons (Fsp3) is 0.333. The Morgan fingerprint density at radius 2 is 2.07 bits per heavy atom. The highest BCUT2D eigenvalue weighted by molar-refractivity contribution is 7.20. The molecule has 0 spiro atoms. The van der Waals surface area contributed by atoms with Gasteiger partial charge in [-0.05, 0) is 30.4 Å². The highest BCUT2D eigenvalue weighted by atomic mass is 32.1. The van der Waals surface area contributed by atoms with Crippen molar-refractivity contribution in [2.75, 3.05) is 18.8 Å². The van der Waals surface area contributed by atoms with E-state index in [1.54, 1.807) is 0 Å². The molecule has 1 aliphatic carbocycles. The average molecular weight is 394 g/mol. The van der Waals surface area contributed by atoms with Crippen LogP contribution in [0.3, 0.4) is 0 Å². The van der Waals surface area contributed by atoms with Gasteiger partial charge < -0.3 is 11.5 Å². The van der Waals surface area contributed by atoms with Crippen molar-refractivity contribution in [2.45, 2.75) is 31.8 Å². The minimum absolute atomic E-state index is 0.391. The number of carbonyl (C=O) groups excluding carboxylic acids is 1. The van der Waals surface area contributed by atoms with Crippen molar-refractivity contribution < 1.29 is 4.79 Å². The minimum Gasteiger partial charge on any atom is -0.390 e. The first-order valence-corrected chi connectivity index (χ1v) is 10.5. The lowest BCUT2D eigenvalue weighted by Gasteiger charge is -2.20. The van der Waals surface area contributed by atoms with Crippen LogP contribution in [0.2, 0.25) is 0 Å². The molecule has 1 amide bonds. The summed E-state index contributed by atoms with van der Waals surface area (Å²) in [6.45, 7) is 3.07. The van der Waals surface area contributed by atoms with Crippen LogP contribution < -0.4 is 11.5 Å². The molecule has 144 valence electrons. The van der Waals surface area contributed by atoms with Gasteiger partial charge in [0.05, 0.1) is 22.8 Å². The second-order valence-electron chi connectivity index (χ2n) is 7.63. The maximum absolute atomic E-state index is 11.8. The molecule has 3 aromatic rings. The Balaban J connectivity index is 1.40. The first kappa shape index (κ1) is 17.5. The Kier molecular flexibility index (Phi) is 4.21. The summed E-state index contributed by atoms with van der Waals surface area (Å²) in [5.41, 5.74) is 16.9. The second-order valence-corrected chi connectivity index (χ2v) is 8.68. The van der Waals surface area contributed by atoms with Crippen molar-refractivity contribution in [1.29, 1.82) is 0 Å². The number of amides is 1. The van der Waals surface area contributed by atoms with Crippen LogP contribution in [0, 0.1) is 0 Å². The van der Waals surface area contributed by atoms with Gasteiger partial charge >= 0.3 is 0 Å². The second kappa shape index (κ2) is 6.76. The molecule has 2 aromatic heterocycles. The Labute approximate surface area is 167 Å². The summed E-state index contributed by atoms with van der Waals surface area (Å²) in [7, 11) is 0. The number of primary amides is 1. The monoisotopic (exact) mass is 393 g/mol. The van der Waals surface area contributed by atoms with Crippen LogP contribution in [0.25, 0.3) is 10.4 Å². The van der Waals surface area contributed by atoms with Gasteiger partial charge in [0.2, 0.25) is 0 Å². The van der Waals surface area contributed by atoms with Gasteiger partial charge in [-0.1, -0.05) is 30.3 Å². The van der Waals surface area contributed by atoms with Gasteiger partial charge in [-0.2, -0.15) is 5.10 Å². The van der Waals surface area contributed by atoms with Crippen LogP contribution >= 0.6 is 11.3 Å². The molecule has 28 heavy (non-hydrogen) atoms. The summed E-state index contributed by atoms with van der Waals surface area (Å²) in [5, 5.41) is 5.26. The maximum Gasteiger partial charge on any atom is 0.251 e. The van der Waals surface area contributed by atoms with Gasteiger partial charge in [0, 0.05) is 35.8 Å². The van der Waals surface area contributed by atoms with Crippen molar-refractivity contribution in [1.82, 2.24) is 14.7 Å². The normalized spacial score (nSPS) is 18.8. The summed E-state index contributed by atoms with van der Waals surface area (Å²) < 4.78 is 2.21. The van der Waals surface area contributed by atoms with E-state index in [2.05, 4.69) is 39.9 Å². The molecular weight excluding hydrogens is 370 g/mol. The van der Waals surface area contributed by atoms with E-state index in [4.69, 9.17) is 16.6 Å². The molecular formula is C21H23N5OS. The lowest BCUT2D eigenvalue weighted by molar-refractivity contribution is 0.100. The number of carbonyl (C=O) groups is 1. The summed E-state index contributed by atoms with van der Waals surface area (Å²) >= 11 is 1.46. The largest absolute Gasteiger partial charge is 0.390 e. The fourth-order valence-electron chi connectivity index (χ4n) is 4.59. The lowest BCUT2D eigenvalue weighted by atomic mass is 9.93. The predicted molar refractivity (Wildman–Crippen MR) is 111 cm³/mol. The molecule has 1 atom stereocenters. The Morgan fingerprint density at radius 3 is 2.86 bits per heavy atom. The number of anilines is 1. The third-order valence-corrected chi connectivity index (χ3v) is 6.97. The van der Waals surface area contributed by atoms with Gasteiger partial charge in [-0.3, -0.25) is 14.4 Å². The van der Waals surface area contributed by atoms with Gasteiger partial charge in [0.1, 0.15) is 0 Å². The van der Waals surface area contributed by atoms with Gasteiger partial charge in [0.25, 0.3) is 5.91 Å². The van der Waals surface area contributed by atoms with Crippen LogP contribution in [-0.2, 0) is 19.4 Å². The van der Waals surface area contributed by atoms with Crippen molar-refractivity contribution in [3.05, 3.63) is 58.9 Å². The SMILES string of the molecule is NC(=O)c1c(N)sc2c1CCc1c-2cnn1C1CCN(Cc2ccccc2)C1. The van der Waals surface area contributed by atoms with E-state index < -0.39 is 5.91 Å². The quantitative estimate of drug-likeness (QED) is 0.713. The van der Waals surface area contributed by atoms with Crippen molar-refractivity contribution in [3.63, 3.8) is 0 Å². The zero-order valence-corrected chi connectivity index (χ0v) is 16.4. The van der Waals surface area contributed by atoms with Crippen molar-refractivity contribution in [2.24, 2.45) is 5.73 Å². The van der Waals surface area contributed by atoms with E-state index in [9.17, 15) is 4.79 Å². The molecule has 1 fully saturated rings. The molecule has 7 heteroatoms. The van der Waals surface area contributed by atoms with E-state index in [1.165, 1.54) is 22.6 Å². The molecule has 5 rings (SSSR count). The number of aromatic nitrogens is 2. The number of hydrogen-bond acceptors (Lipinski definition) is 5. The first-order valence-electron chi connectivity index (χ1n) is 9.65. The number of nitrogens with two attached hydrogens (primary N) is 2. The molecule has 6 nitrogen and oxygen atoms in total. The van der Waals surface area contributed by atoms with Crippen LogP contribution in [0.5, 0.6) is 0 Å². The first-order chi connectivity index (χ1) is 13.6. The summed E-state index contributed by atoms with van der Waals surface area (Å²) in [6.07, 6.45) is 4.70. The zero-order chi connectivity index (χ0) is 19.3. The van der Waals surface area contributed by atoms with Crippen LogP contribution in [0.1, 0.15) is 39.6 Å².